The Morgan fingerprint density at radius 1 is 1.11 bits per heavy atom. The second-order valence-electron chi connectivity index (χ2n) is 7.13. The van der Waals surface area contributed by atoms with Crippen molar-refractivity contribution in [1.82, 2.24) is 4.57 Å². The zero-order chi connectivity index (χ0) is 20.4. The van der Waals surface area contributed by atoms with E-state index in [1.165, 1.54) is 0 Å². The zero-order valence-corrected chi connectivity index (χ0v) is 17.0. The number of rotatable bonds is 5. The van der Waals surface area contributed by atoms with Gasteiger partial charge in [-0.05, 0) is 56.5 Å². The molecule has 3 aromatic rings. The van der Waals surface area contributed by atoms with E-state index in [1.807, 2.05) is 45.9 Å². The lowest BCUT2D eigenvalue weighted by Crippen LogP contribution is -2.33. The van der Waals surface area contributed by atoms with Gasteiger partial charge in [0, 0.05) is 11.5 Å². The number of amides is 1. The minimum Gasteiger partial charge on any atom is -0.495 e. The molecule has 0 fully saturated rings. The van der Waals surface area contributed by atoms with Crippen molar-refractivity contribution in [2.75, 3.05) is 12.4 Å². The van der Waals surface area contributed by atoms with Crippen molar-refractivity contribution in [3.05, 3.63) is 69.5 Å². The van der Waals surface area contributed by atoms with Crippen LogP contribution in [0.15, 0.2) is 47.3 Å². The number of aryl methyl sites for hydroxylation is 3. The van der Waals surface area contributed by atoms with E-state index in [9.17, 15) is 9.59 Å². The van der Waals surface area contributed by atoms with Crippen molar-refractivity contribution in [3.8, 4) is 5.75 Å². The number of nitrogens with one attached hydrogen (secondary N) is 1. The lowest BCUT2D eigenvalue weighted by molar-refractivity contribution is -0.119. The van der Waals surface area contributed by atoms with Crippen molar-refractivity contribution >= 4 is 22.5 Å². The Balaban J connectivity index is 2.14. The molecule has 1 amide bonds. The zero-order valence-electron chi connectivity index (χ0n) is 17.0. The highest BCUT2D eigenvalue weighted by Crippen LogP contribution is 2.28. The van der Waals surface area contributed by atoms with Gasteiger partial charge < -0.3 is 10.1 Å². The first-order chi connectivity index (χ1) is 13.4. The minimum atomic E-state index is -0.623. The Bertz CT molecular complexity index is 1100. The molecule has 1 unspecified atom stereocenters. The van der Waals surface area contributed by atoms with Gasteiger partial charge in [-0.2, -0.15) is 0 Å². The number of methoxy groups -OCH3 is 1. The van der Waals surface area contributed by atoms with Crippen LogP contribution in [-0.4, -0.2) is 17.6 Å². The third-order valence-electron chi connectivity index (χ3n) is 5.05. The largest absolute Gasteiger partial charge is 0.495 e. The molecule has 146 valence electrons. The average Bonchev–Trinajstić information content (AvgIpc) is 2.65. The maximum Gasteiger partial charge on any atom is 0.252 e. The predicted molar refractivity (Wildman–Crippen MR) is 113 cm³/mol. The van der Waals surface area contributed by atoms with Gasteiger partial charge in [0.1, 0.15) is 11.8 Å². The minimum absolute atomic E-state index is 0.168. The van der Waals surface area contributed by atoms with Gasteiger partial charge in [-0.25, -0.2) is 0 Å². The highest BCUT2D eigenvalue weighted by molar-refractivity contribution is 5.96. The molecule has 0 saturated carbocycles. The molecule has 0 bridgehead atoms. The van der Waals surface area contributed by atoms with Gasteiger partial charge in [-0.1, -0.05) is 30.7 Å². The molecule has 0 aliphatic heterocycles. The van der Waals surface area contributed by atoms with Gasteiger partial charge >= 0.3 is 0 Å². The molecule has 0 aliphatic rings. The summed E-state index contributed by atoms with van der Waals surface area (Å²) < 4.78 is 6.95. The Morgan fingerprint density at radius 2 is 1.82 bits per heavy atom. The molecule has 1 atom stereocenters. The number of benzene rings is 2. The molecule has 2 aromatic carbocycles. The summed E-state index contributed by atoms with van der Waals surface area (Å²) in [6.07, 6.45) is 0.492. The summed E-state index contributed by atoms with van der Waals surface area (Å²) in [5.41, 5.74) is 4.27. The number of pyridine rings is 1. The van der Waals surface area contributed by atoms with E-state index in [4.69, 9.17) is 4.74 Å². The number of carbonyl (C=O) groups is 1. The second-order valence-corrected chi connectivity index (χ2v) is 7.13. The first-order valence-corrected chi connectivity index (χ1v) is 9.44. The molecular weight excluding hydrogens is 352 g/mol. The molecule has 0 radical (unpaired) electrons. The lowest BCUT2D eigenvalue weighted by atomic mass is 10.0. The Morgan fingerprint density at radius 3 is 2.50 bits per heavy atom. The van der Waals surface area contributed by atoms with Gasteiger partial charge in [-0.15, -0.1) is 0 Å². The van der Waals surface area contributed by atoms with Crippen LogP contribution in [0.5, 0.6) is 5.75 Å². The SMILES string of the molecule is CCC(C(=O)Nc1ccccc1OC)n1c(=O)cc(C)c2cc(C)cc(C)c21. The molecule has 5 nitrogen and oxygen atoms in total. The number of ether oxygens (including phenoxy) is 1. The maximum absolute atomic E-state index is 13.1. The van der Waals surface area contributed by atoms with Crippen molar-refractivity contribution in [3.63, 3.8) is 0 Å². The fourth-order valence-corrected chi connectivity index (χ4v) is 3.78. The van der Waals surface area contributed by atoms with Gasteiger partial charge in [0.15, 0.2) is 0 Å². The maximum atomic E-state index is 13.1. The first-order valence-electron chi connectivity index (χ1n) is 9.44. The third-order valence-corrected chi connectivity index (χ3v) is 5.05. The van der Waals surface area contributed by atoms with Crippen LogP contribution >= 0.6 is 0 Å². The topological polar surface area (TPSA) is 60.3 Å². The van der Waals surface area contributed by atoms with Gasteiger partial charge in [0.2, 0.25) is 5.91 Å². The normalized spacial score (nSPS) is 12.0. The van der Waals surface area contributed by atoms with Crippen LogP contribution in [0, 0.1) is 20.8 Å². The summed E-state index contributed by atoms with van der Waals surface area (Å²) in [5, 5.41) is 3.93. The summed E-state index contributed by atoms with van der Waals surface area (Å²) in [6.45, 7) is 7.86. The van der Waals surface area contributed by atoms with Crippen LogP contribution < -0.4 is 15.6 Å². The van der Waals surface area contributed by atoms with Crippen LogP contribution in [0.2, 0.25) is 0 Å². The Hall–Kier alpha value is -3.08. The van der Waals surface area contributed by atoms with E-state index < -0.39 is 6.04 Å². The summed E-state index contributed by atoms with van der Waals surface area (Å²) in [5.74, 6) is 0.345. The molecule has 0 spiro atoms. The Kier molecular flexibility index (Phi) is 5.54. The van der Waals surface area contributed by atoms with Crippen LogP contribution in [-0.2, 0) is 4.79 Å². The fourth-order valence-electron chi connectivity index (χ4n) is 3.78. The van der Waals surface area contributed by atoms with E-state index >= 15 is 0 Å². The quantitative estimate of drug-likeness (QED) is 0.710. The van der Waals surface area contributed by atoms with Crippen molar-refractivity contribution in [2.24, 2.45) is 0 Å². The number of aromatic nitrogens is 1. The molecule has 5 heteroatoms. The second kappa shape index (κ2) is 7.89. The molecule has 0 aliphatic carbocycles. The number of nitrogens with zero attached hydrogens (tertiary/aromatic N) is 1. The van der Waals surface area contributed by atoms with Gasteiger partial charge in [0.25, 0.3) is 5.56 Å². The van der Waals surface area contributed by atoms with Crippen LogP contribution in [0.4, 0.5) is 5.69 Å². The fraction of sp³-hybridized carbons (Fsp3) is 0.304. The van der Waals surface area contributed by atoms with E-state index in [2.05, 4.69) is 11.4 Å². The smallest absolute Gasteiger partial charge is 0.252 e. The molecule has 0 saturated heterocycles. The number of anilines is 1. The standard InChI is InChI=1S/C23H26N2O3/c1-6-19(23(27)24-18-9-7-8-10-20(18)28-5)25-21(26)13-15(3)17-12-14(2)11-16(4)22(17)25/h7-13,19H,6H2,1-5H3,(H,24,27). The summed E-state index contributed by atoms with van der Waals surface area (Å²) in [7, 11) is 1.56. The molecule has 1 N–H and O–H groups in total. The summed E-state index contributed by atoms with van der Waals surface area (Å²) >= 11 is 0. The molecule has 28 heavy (non-hydrogen) atoms. The van der Waals surface area contributed by atoms with Gasteiger partial charge in [0.05, 0.1) is 18.3 Å². The molecule has 1 aromatic heterocycles. The van der Waals surface area contributed by atoms with E-state index in [-0.39, 0.29) is 11.5 Å². The Labute approximate surface area is 165 Å². The average molecular weight is 378 g/mol. The monoisotopic (exact) mass is 378 g/mol. The van der Waals surface area contributed by atoms with Crippen LogP contribution in [0.25, 0.3) is 10.9 Å². The molecule has 3 rings (SSSR count). The molecule has 1 heterocycles. The highest BCUT2D eigenvalue weighted by Gasteiger charge is 2.24. The number of hydrogen-bond donors (Lipinski definition) is 1. The van der Waals surface area contributed by atoms with Gasteiger partial charge in [-0.3, -0.25) is 14.2 Å². The number of para-hydroxylation sites is 2. The van der Waals surface area contributed by atoms with E-state index in [0.717, 1.165) is 27.6 Å². The highest BCUT2D eigenvalue weighted by atomic mass is 16.5. The lowest BCUT2D eigenvalue weighted by Gasteiger charge is -2.23. The number of carbonyl (C=O) groups excluding carboxylic acids is 1. The van der Waals surface area contributed by atoms with Crippen molar-refractivity contribution in [1.29, 1.82) is 0 Å². The van der Waals surface area contributed by atoms with Crippen molar-refractivity contribution in [2.45, 2.75) is 40.2 Å². The van der Waals surface area contributed by atoms with Crippen molar-refractivity contribution < 1.29 is 9.53 Å². The van der Waals surface area contributed by atoms with Crippen LogP contribution in [0.3, 0.4) is 0 Å². The first kappa shape index (κ1) is 19.7. The summed E-state index contributed by atoms with van der Waals surface area (Å²) in [4.78, 5) is 26.1. The predicted octanol–water partition coefficient (Wildman–Crippen LogP) is 4.53. The van der Waals surface area contributed by atoms with E-state index in [1.54, 1.807) is 29.9 Å². The summed E-state index contributed by atoms with van der Waals surface area (Å²) in [6, 6.07) is 12.4. The number of fused-ring (bicyclic) bond motifs is 1. The third kappa shape index (κ3) is 3.52. The van der Waals surface area contributed by atoms with Crippen LogP contribution in [0.1, 0.15) is 36.1 Å². The number of hydrogen-bond acceptors (Lipinski definition) is 3. The molecular formula is C23H26N2O3. The van der Waals surface area contributed by atoms with E-state index in [0.29, 0.717) is 17.9 Å².